The molecule has 1 N–H and O–H groups in total. The summed E-state index contributed by atoms with van der Waals surface area (Å²) in [6.07, 6.45) is 0.376. The van der Waals surface area contributed by atoms with Crippen molar-refractivity contribution in [1.82, 2.24) is 10.2 Å². The Kier molecular flexibility index (Phi) is 6.95. The summed E-state index contributed by atoms with van der Waals surface area (Å²) in [6.45, 7) is 9.92. The first-order valence-electron chi connectivity index (χ1n) is 6.97. The Balaban J connectivity index is 2.38. The van der Waals surface area contributed by atoms with Crippen LogP contribution in [0.2, 0.25) is 0 Å². The van der Waals surface area contributed by atoms with E-state index in [0.29, 0.717) is 19.0 Å². The van der Waals surface area contributed by atoms with E-state index < -0.39 is 11.6 Å². The molecule has 1 rings (SSSR count). The third kappa shape index (κ3) is 5.25. The van der Waals surface area contributed by atoms with Crippen LogP contribution in [0, 0.1) is 11.6 Å². The molecule has 0 fully saturated rings. The maximum absolute atomic E-state index is 13.4. The second kappa shape index (κ2) is 8.23. The van der Waals surface area contributed by atoms with Gasteiger partial charge >= 0.3 is 0 Å². The Hall–Kier alpha value is -1.00. The maximum Gasteiger partial charge on any atom is 0.129 e. The zero-order chi connectivity index (χ0) is 14.3. The van der Waals surface area contributed by atoms with Crippen LogP contribution in [0.15, 0.2) is 18.2 Å². The molecule has 0 aliphatic carbocycles. The fourth-order valence-electron chi connectivity index (χ4n) is 2.15. The highest BCUT2D eigenvalue weighted by molar-refractivity contribution is 5.19. The van der Waals surface area contributed by atoms with Crippen molar-refractivity contribution in [1.29, 1.82) is 0 Å². The maximum atomic E-state index is 13.4. The summed E-state index contributed by atoms with van der Waals surface area (Å²) in [5, 5.41) is 3.31. The highest BCUT2D eigenvalue weighted by Gasteiger charge is 2.10. The largest absolute Gasteiger partial charge is 0.313 e. The number of likely N-dealkylation sites (N-methyl/N-ethyl adjacent to an activating group) is 1. The summed E-state index contributed by atoms with van der Waals surface area (Å²) in [6, 6.07) is 4.31. The molecule has 4 heteroatoms. The van der Waals surface area contributed by atoms with Crippen molar-refractivity contribution in [2.24, 2.45) is 0 Å². The van der Waals surface area contributed by atoms with Crippen molar-refractivity contribution in [2.45, 2.75) is 33.2 Å². The van der Waals surface area contributed by atoms with Gasteiger partial charge in [0.05, 0.1) is 0 Å². The zero-order valence-electron chi connectivity index (χ0n) is 12.0. The average Bonchev–Trinajstić information content (AvgIpc) is 2.39. The smallest absolute Gasteiger partial charge is 0.129 e. The summed E-state index contributed by atoms with van der Waals surface area (Å²) in [5.74, 6) is -0.920. The van der Waals surface area contributed by atoms with Gasteiger partial charge in [0, 0.05) is 18.2 Å². The van der Waals surface area contributed by atoms with Crippen molar-refractivity contribution >= 4 is 0 Å². The molecule has 0 amide bonds. The molecule has 0 radical (unpaired) electrons. The van der Waals surface area contributed by atoms with Crippen LogP contribution >= 0.6 is 0 Å². The minimum absolute atomic E-state index is 0.171. The number of halogens is 2. The van der Waals surface area contributed by atoms with Crippen LogP contribution in [0.3, 0.4) is 0 Å². The lowest BCUT2D eigenvalue weighted by molar-refractivity contribution is 0.271. The van der Waals surface area contributed by atoms with Crippen molar-refractivity contribution in [3.05, 3.63) is 35.4 Å². The highest BCUT2D eigenvalue weighted by atomic mass is 19.1. The summed E-state index contributed by atoms with van der Waals surface area (Å²) in [5.41, 5.74) is 0.171. The molecule has 0 bridgehead atoms. The van der Waals surface area contributed by atoms with Gasteiger partial charge in [0.15, 0.2) is 0 Å². The van der Waals surface area contributed by atoms with E-state index in [-0.39, 0.29) is 5.56 Å². The number of hydrogen-bond acceptors (Lipinski definition) is 2. The summed E-state index contributed by atoms with van der Waals surface area (Å²) in [4.78, 5) is 2.32. The predicted octanol–water partition coefficient (Wildman–Crippen LogP) is 2.83. The first-order valence-corrected chi connectivity index (χ1v) is 6.97. The van der Waals surface area contributed by atoms with Gasteiger partial charge in [-0.3, -0.25) is 0 Å². The van der Waals surface area contributed by atoms with E-state index in [9.17, 15) is 8.78 Å². The summed E-state index contributed by atoms with van der Waals surface area (Å²) in [7, 11) is 0. The lowest BCUT2D eigenvalue weighted by Crippen LogP contribution is -2.39. The quantitative estimate of drug-likeness (QED) is 0.781. The second-order valence-electron chi connectivity index (χ2n) is 4.79. The van der Waals surface area contributed by atoms with E-state index in [1.807, 2.05) is 0 Å². The lowest BCUT2D eigenvalue weighted by Gasteiger charge is -2.23. The Labute approximate surface area is 114 Å². The van der Waals surface area contributed by atoms with Crippen molar-refractivity contribution in [3.8, 4) is 0 Å². The van der Waals surface area contributed by atoms with Crippen LogP contribution in [-0.4, -0.2) is 37.1 Å². The van der Waals surface area contributed by atoms with Crippen LogP contribution in [0.5, 0.6) is 0 Å². The molecular weight excluding hydrogens is 246 g/mol. The number of nitrogens with one attached hydrogen (secondary N) is 1. The average molecular weight is 270 g/mol. The third-order valence-corrected chi connectivity index (χ3v) is 3.36. The van der Waals surface area contributed by atoms with E-state index in [2.05, 4.69) is 31.0 Å². The normalized spacial score (nSPS) is 12.9. The Morgan fingerprint density at radius 2 is 1.74 bits per heavy atom. The Bertz CT molecular complexity index is 358. The molecule has 1 aromatic carbocycles. The number of rotatable bonds is 8. The molecule has 0 aromatic heterocycles. The molecule has 0 aliphatic heterocycles. The molecule has 1 aromatic rings. The highest BCUT2D eigenvalue weighted by Crippen LogP contribution is 2.12. The molecule has 108 valence electrons. The van der Waals surface area contributed by atoms with E-state index in [1.54, 1.807) is 0 Å². The van der Waals surface area contributed by atoms with E-state index >= 15 is 0 Å². The Morgan fingerprint density at radius 3 is 2.26 bits per heavy atom. The topological polar surface area (TPSA) is 15.3 Å². The van der Waals surface area contributed by atoms with Gasteiger partial charge in [0.25, 0.3) is 0 Å². The third-order valence-electron chi connectivity index (χ3n) is 3.36. The van der Waals surface area contributed by atoms with Crippen molar-refractivity contribution < 1.29 is 8.78 Å². The van der Waals surface area contributed by atoms with Gasteiger partial charge in [-0.05, 0) is 45.1 Å². The van der Waals surface area contributed by atoms with Crippen LogP contribution in [0.1, 0.15) is 26.3 Å². The molecular formula is C15H24F2N2. The standard InChI is InChI=1S/C15H24F2N2/c1-4-19(5-2)11-12(3)18-10-9-13-14(16)7-6-8-15(13)17/h6-8,12,18H,4-5,9-11H2,1-3H3. The van der Waals surface area contributed by atoms with E-state index in [4.69, 9.17) is 0 Å². The van der Waals surface area contributed by atoms with E-state index in [1.165, 1.54) is 18.2 Å². The first kappa shape index (κ1) is 16.1. The van der Waals surface area contributed by atoms with Gasteiger partial charge in [-0.15, -0.1) is 0 Å². The summed E-state index contributed by atoms with van der Waals surface area (Å²) < 4.78 is 26.8. The van der Waals surface area contributed by atoms with Crippen LogP contribution in [0.25, 0.3) is 0 Å². The van der Waals surface area contributed by atoms with Gasteiger partial charge in [0.2, 0.25) is 0 Å². The van der Waals surface area contributed by atoms with Crippen LogP contribution < -0.4 is 5.32 Å². The molecule has 2 nitrogen and oxygen atoms in total. The molecule has 19 heavy (non-hydrogen) atoms. The zero-order valence-corrected chi connectivity index (χ0v) is 12.0. The number of benzene rings is 1. The van der Waals surface area contributed by atoms with Gasteiger partial charge < -0.3 is 10.2 Å². The summed E-state index contributed by atoms with van der Waals surface area (Å²) >= 11 is 0. The first-order chi connectivity index (χ1) is 9.08. The van der Waals surface area contributed by atoms with Crippen LogP contribution in [-0.2, 0) is 6.42 Å². The van der Waals surface area contributed by atoms with Crippen molar-refractivity contribution in [2.75, 3.05) is 26.2 Å². The molecule has 0 saturated carbocycles. The molecule has 1 unspecified atom stereocenters. The van der Waals surface area contributed by atoms with Gasteiger partial charge in [-0.1, -0.05) is 19.9 Å². The minimum Gasteiger partial charge on any atom is -0.313 e. The molecule has 0 spiro atoms. The van der Waals surface area contributed by atoms with Crippen LogP contribution in [0.4, 0.5) is 8.78 Å². The second-order valence-corrected chi connectivity index (χ2v) is 4.79. The molecule has 0 aliphatic rings. The van der Waals surface area contributed by atoms with Gasteiger partial charge in [-0.25, -0.2) is 8.78 Å². The SMILES string of the molecule is CCN(CC)CC(C)NCCc1c(F)cccc1F. The minimum atomic E-state index is -0.460. The number of hydrogen-bond donors (Lipinski definition) is 1. The fraction of sp³-hybridized carbons (Fsp3) is 0.600. The van der Waals surface area contributed by atoms with E-state index in [0.717, 1.165) is 19.6 Å². The van der Waals surface area contributed by atoms with Gasteiger partial charge in [0.1, 0.15) is 11.6 Å². The number of nitrogens with zero attached hydrogens (tertiary/aromatic N) is 1. The van der Waals surface area contributed by atoms with Crippen molar-refractivity contribution in [3.63, 3.8) is 0 Å². The molecule has 0 saturated heterocycles. The fourth-order valence-corrected chi connectivity index (χ4v) is 2.15. The monoisotopic (exact) mass is 270 g/mol. The lowest BCUT2D eigenvalue weighted by atomic mass is 10.1. The predicted molar refractivity (Wildman–Crippen MR) is 75.3 cm³/mol. The Morgan fingerprint density at radius 1 is 1.16 bits per heavy atom. The van der Waals surface area contributed by atoms with Gasteiger partial charge in [-0.2, -0.15) is 0 Å². The molecule has 0 heterocycles. The molecule has 1 atom stereocenters.